The van der Waals surface area contributed by atoms with Gasteiger partial charge in [-0.2, -0.15) is 4.57 Å². The van der Waals surface area contributed by atoms with E-state index < -0.39 is 0 Å². The molecule has 0 saturated carbocycles. The van der Waals surface area contributed by atoms with Gasteiger partial charge in [0, 0.05) is 23.9 Å². The van der Waals surface area contributed by atoms with E-state index in [0.717, 1.165) is 24.2 Å². The number of ether oxygens (including phenoxy) is 1. The van der Waals surface area contributed by atoms with Crippen molar-refractivity contribution in [3.05, 3.63) is 69.6 Å². The van der Waals surface area contributed by atoms with Crippen molar-refractivity contribution in [2.75, 3.05) is 17.2 Å². The molecule has 0 aliphatic heterocycles. The van der Waals surface area contributed by atoms with Gasteiger partial charge in [0.15, 0.2) is 12.7 Å². The first-order valence-electron chi connectivity index (χ1n) is 14.6. The summed E-state index contributed by atoms with van der Waals surface area (Å²) in [6.07, 6.45) is 17.9. The number of halogens is 2. The Kier molecular flexibility index (Phi) is 17.0. The average Bonchev–Trinajstić information content (AvgIpc) is 3.32. The molecular weight excluding hydrogens is 606 g/mol. The van der Waals surface area contributed by atoms with Crippen molar-refractivity contribution >= 4 is 40.3 Å². The van der Waals surface area contributed by atoms with Crippen LogP contribution in [-0.2, 0) is 6.54 Å². The molecule has 8 heteroatoms. The second-order valence-corrected chi connectivity index (χ2v) is 11.7. The lowest BCUT2D eigenvalue weighted by molar-refractivity contribution is -0.689. The highest BCUT2D eigenvalue weighted by atomic mass is 79.9. The molecule has 0 atom stereocenters. The lowest BCUT2D eigenvalue weighted by atomic mass is 10.1. The first-order chi connectivity index (χ1) is 19.0. The number of nitrogens with zero attached hydrogens (tertiary/aromatic N) is 1. The van der Waals surface area contributed by atoms with Gasteiger partial charge in [0.05, 0.1) is 17.0 Å². The normalized spacial score (nSPS) is 10.7. The van der Waals surface area contributed by atoms with E-state index in [9.17, 15) is 4.79 Å². The van der Waals surface area contributed by atoms with Crippen LogP contribution in [0.2, 0.25) is 5.02 Å². The zero-order valence-electron chi connectivity index (χ0n) is 24.0. The molecule has 1 aromatic heterocycles. The summed E-state index contributed by atoms with van der Waals surface area (Å²) in [6.45, 7) is 5.79. The summed E-state index contributed by atoms with van der Waals surface area (Å²) < 4.78 is 8.08. The Bertz CT molecular complexity index is 1140. The van der Waals surface area contributed by atoms with Gasteiger partial charge >= 0.3 is 6.03 Å². The number of urea groups is 1. The maximum Gasteiger partial charge on any atom is 0.323 e. The highest BCUT2D eigenvalue weighted by molar-refractivity contribution is 7.09. The van der Waals surface area contributed by atoms with Crippen molar-refractivity contribution in [3.8, 4) is 5.75 Å². The fourth-order valence-corrected chi connectivity index (χ4v) is 5.50. The molecule has 5 nitrogen and oxygen atoms in total. The lowest BCUT2D eigenvalue weighted by Gasteiger charge is -2.11. The first kappa shape index (κ1) is 34.1. The third-order valence-electron chi connectivity index (χ3n) is 6.87. The molecule has 1 heterocycles. The van der Waals surface area contributed by atoms with Crippen molar-refractivity contribution < 1.29 is 31.1 Å². The Hall–Kier alpha value is -2.09. The van der Waals surface area contributed by atoms with Gasteiger partial charge in [-0.25, -0.2) is 4.79 Å². The highest BCUT2D eigenvalue weighted by Crippen LogP contribution is 2.28. The number of aromatic nitrogens is 1. The van der Waals surface area contributed by atoms with Crippen molar-refractivity contribution in [3.63, 3.8) is 0 Å². The van der Waals surface area contributed by atoms with Crippen LogP contribution in [-0.4, -0.2) is 12.6 Å². The van der Waals surface area contributed by atoms with Gasteiger partial charge in [-0.3, -0.25) is 0 Å². The molecule has 0 unspecified atom stereocenters. The summed E-state index contributed by atoms with van der Waals surface area (Å²) in [7, 11) is 0. The molecule has 3 rings (SSSR count). The quantitative estimate of drug-likeness (QED) is 0.118. The van der Waals surface area contributed by atoms with Gasteiger partial charge in [0.1, 0.15) is 5.75 Å². The zero-order valence-corrected chi connectivity index (χ0v) is 27.2. The number of hydrogen-bond acceptors (Lipinski definition) is 3. The van der Waals surface area contributed by atoms with Crippen LogP contribution in [0, 0.1) is 6.92 Å². The predicted octanol–water partition coefficient (Wildman–Crippen LogP) is 6.77. The number of rotatable bonds is 18. The van der Waals surface area contributed by atoms with E-state index in [1.54, 1.807) is 17.4 Å². The van der Waals surface area contributed by atoms with Gasteiger partial charge in [-0.05, 0) is 36.8 Å². The van der Waals surface area contributed by atoms with Gasteiger partial charge in [0.25, 0.3) is 0 Å². The molecule has 0 bridgehead atoms. The number of hydrogen-bond donors (Lipinski definition) is 2. The molecule has 0 radical (unpaired) electrons. The standard InChI is InChI=1S/C32H44ClN3O2S.BrH/c1-3-4-5-6-7-8-9-10-11-12-13-14-21-38-31-19-18-29(24-30(31)33)35-32(37)34-28-17-15-16-27(23-28)25-36-20-22-39-26(36)2;/h15-20,22-24H,3-14,21,25H2,1-2H3,(H-,34,35,37);1H. The minimum Gasteiger partial charge on any atom is -1.00 e. The highest BCUT2D eigenvalue weighted by Gasteiger charge is 2.10. The predicted molar refractivity (Wildman–Crippen MR) is 165 cm³/mol. The van der Waals surface area contributed by atoms with Gasteiger partial charge in [-0.1, -0.05) is 113 Å². The van der Waals surface area contributed by atoms with E-state index in [4.69, 9.17) is 16.3 Å². The number of unbranched alkanes of at least 4 members (excludes halogenated alkanes) is 11. The molecule has 0 spiro atoms. The van der Waals surface area contributed by atoms with E-state index in [2.05, 4.69) is 46.7 Å². The lowest BCUT2D eigenvalue weighted by Crippen LogP contribution is -3.00. The van der Waals surface area contributed by atoms with E-state index in [1.807, 2.05) is 30.3 Å². The van der Waals surface area contributed by atoms with E-state index >= 15 is 0 Å². The number of aryl methyl sites for hydroxylation is 1. The number of benzene rings is 2. The smallest absolute Gasteiger partial charge is 0.323 e. The summed E-state index contributed by atoms with van der Waals surface area (Å²) >= 11 is 8.14. The van der Waals surface area contributed by atoms with E-state index in [0.29, 0.717) is 23.1 Å². The molecule has 3 aromatic rings. The van der Waals surface area contributed by atoms with Crippen LogP contribution < -0.4 is 36.9 Å². The van der Waals surface area contributed by atoms with Crippen LogP contribution in [0.15, 0.2) is 54.0 Å². The zero-order chi connectivity index (χ0) is 27.7. The number of thiazole rings is 1. The van der Waals surface area contributed by atoms with Crippen LogP contribution in [0.5, 0.6) is 5.75 Å². The molecule has 40 heavy (non-hydrogen) atoms. The Morgan fingerprint density at radius 1 is 0.875 bits per heavy atom. The second-order valence-electron chi connectivity index (χ2n) is 10.2. The van der Waals surface area contributed by atoms with Crippen molar-refractivity contribution in [1.29, 1.82) is 0 Å². The third-order valence-corrected chi connectivity index (χ3v) is 8.00. The minimum atomic E-state index is -0.312. The maximum absolute atomic E-state index is 12.6. The summed E-state index contributed by atoms with van der Waals surface area (Å²) in [5.74, 6) is 0.652. The van der Waals surface area contributed by atoms with Gasteiger partial charge in [0.2, 0.25) is 5.01 Å². The first-order valence-corrected chi connectivity index (χ1v) is 15.8. The molecular formula is C32H45BrClN3O2S. The molecule has 220 valence electrons. The molecule has 2 aromatic carbocycles. The fourth-order valence-electron chi connectivity index (χ4n) is 4.60. The summed E-state index contributed by atoms with van der Waals surface area (Å²) in [5.41, 5.74) is 2.49. The Morgan fingerprint density at radius 2 is 1.50 bits per heavy atom. The topological polar surface area (TPSA) is 54.2 Å². The Balaban J connectivity index is 0.00000560. The third kappa shape index (κ3) is 13.0. The van der Waals surface area contributed by atoms with E-state index in [1.165, 1.54) is 75.6 Å². The van der Waals surface area contributed by atoms with Crippen LogP contribution in [0.25, 0.3) is 0 Å². The van der Waals surface area contributed by atoms with Crippen LogP contribution >= 0.6 is 22.9 Å². The number of carbonyl (C=O) groups excluding carboxylic acids is 1. The van der Waals surface area contributed by atoms with E-state index in [-0.39, 0.29) is 23.0 Å². The summed E-state index contributed by atoms with van der Waals surface area (Å²) in [4.78, 5) is 12.6. The summed E-state index contributed by atoms with van der Waals surface area (Å²) in [6, 6.07) is 12.9. The van der Waals surface area contributed by atoms with Crippen LogP contribution in [0.1, 0.15) is 94.5 Å². The monoisotopic (exact) mass is 649 g/mol. The number of nitrogens with one attached hydrogen (secondary N) is 2. The molecule has 0 aliphatic rings. The number of anilines is 2. The molecule has 0 saturated heterocycles. The summed E-state index contributed by atoms with van der Waals surface area (Å²) in [5, 5.41) is 9.58. The average molecular weight is 651 g/mol. The van der Waals surface area contributed by atoms with Gasteiger partial charge in [-0.15, -0.1) is 0 Å². The second kappa shape index (κ2) is 19.9. The molecule has 0 fully saturated rings. The van der Waals surface area contributed by atoms with Gasteiger partial charge < -0.3 is 32.4 Å². The Morgan fingerprint density at radius 3 is 2.10 bits per heavy atom. The SMILES string of the molecule is CCCCCCCCCCCCCCOc1ccc(NC(=O)Nc2cccc(C[n+]3ccsc3C)c2)cc1Cl.[Br-]. The largest absolute Gasteiger partial charge is 1.00 e. The van der Waals surface area contributed by atoms with Crippen LogP contribution in [0.4, 0.5) is 16.2 Å². The Labute approximate surface area is 260 Å². The fraction of sp³-hybridized carbons (Fsp3) is 0.500. The van der Waals surface area contributed by atoms with Crippen LogP contribution in [0.3, 0.4) is 0 Å². The number of carbonyl (C=O) groups is 1. The maximum atomic E-state index is 12.6. The minimum absolute atomic E-state index is 0. The van der Waals surface area contributed by atoms with Crippen molar-refractivity contribution in [2.45, 2.75) is 97.4 Å². The number of amides is 2. The molecule has 2 amide bonds. The molecule has 0 aliphatic carbocycles. The molecule has 2 N–H and O–H groups in total. The van der Waals surface area contributed by atoms with Crippen molar-refractivity contribution in [1.82, 2.24) is 0 Å². The van der Waals surface area contributed by atoms with Crippen molar-refractivity contribution in [2.24, 2.45) is 0 Å².